The standard InChI is InChI=1S/C32H35O2P/c1-22-17-23(2)20-26(19-22)28-21-24(3)18-25(4)31(28)34-35(27-13-9-8-10-14-27)33-30-16-12-11-15-29(30)32(5,6)7/h8-21H,1-7H3. The van der Waals surface area contributed by atoms with Gasteiger partial charge in [-0.3, -0.25) is 0 Å². The van der Waals surface area contributed by atoms with Gasteiger partial charge < -0.3 is 9.05 Å². The molecule has 35 heavy (non-hydrogen) atoms. The average Bonchev–Trinajstić information content (AvgIpc) is 2.79. The number of hydrogen-bond donors (Lipinski definition) is 0. The Balaban J connectivity index is 1.82. The van der Waals surface area contributed by atoms with Gasteiger partial charge in [0.25, 0.3) is 0 Å². The Morgan fingerprint density at radius 1 is 0.629 bits per heavy atom. The van der Waals surface area contributed by atoms with Gasteiger partial charge in [0, 0.05) is 5.56 Å². The fourth-order valence-corrected chi connectivity index (χ4v) is 5.84. The van der Waals surface area contributed by atoms with Crippen LogP contribution in [0.5, 0.6) is 11.5 Å². The molecule has 0 fully saturated rings. The highest BCUT2D eigenvalue weighted by molar-refractivity contribution is 7.56. The van der Waals surface area contributed by atoms with Crippen LogP contribution in [-0.4, -0.2) is 0 Å². The van der Waals surface area contributed by atoms with Crippen LogP contribution in [0.3, 0.4) is 0 Å². The molecule has 0 aliphatic rings. The van der Waals surface area contributed by atoms with Crippen LogP contribution in [0.15, 0.2) is 84.9 Å². The van der Waals surface area contributed by atoms with Crippen LogP contribution in [0, 0.1) is 27.7 Å². The maximum absolute atomic E-state index is 6.87. The van der Waals surface area contributed by atoms with Crippen LogP contribution in [0.4, 0.5) is 0 Å². The third-order valence-electron chi connectivity index (χ3n) is 5.97. The topological polar surface area (TPSA) is 18.5 Å². The predicted molar refractivity (Wildman–Crippen MR) is 150 cm³/mol. The van der Waals surface area contributed by atoms with Crippen molar-refractivity contribution >= 4 is 13.7 Å². The first-order chi connectivity index (χ1) is 16.6. The van der Waals surface area contributed by atoms with Gasteiger partial charge in [-0.2, -0.15) is 0 Å². The average molecular weight is 483 g/mol. The van der Waals surface area contributed by atoms with E-state index in [2.05, 4.69) is 109 Å². The Labute approximate surface area is 211 Å². The Morgan fingerprint density at radius 3 is 1.89 bits per heavy atom. The summed E-state index contributed by atoms with van der Waals surface area (Å²) in [5, 5.41) is 1.04. The summed E-state index contributed by atoms with van der Waals surface area (Å²) in [6.07, 6.45) is 0. The van der Waals surface area contributed by atoms with E-state index in [1.165, 1.54) is 27.8 Å². The van der Waals surface area contributed by atoms with Gasteiger partial charge in [-0.05, 0) is 79.6 Å². The van der Waals surface area contributed by atoms with E-state index < -0.39 is 8.38 Å². The maximum atomic E-state index is 6.87. The van der Waals surface area contributed by atoms with Crippen molar-refractivity contribution in [2.24, 2.45) is 0 Å². The molecule has 0 bridgehead atoms. The molecule has 0 radical (unpaired) electrons. The molecular formula is C32H35O2P. The molecule has 180 valence electrons. The lowest BCUT2D eigenvalue weighted by molar-refractivity contribution is 0.481. The van der Waals surface area contributed by atoms with E-state index in [4.69, 9.17) is 9.05 Å². The highest BCUT2D eigenvalue weighted by atomic mass is 31.2. The quantitative estimate of drug-likeness (QED) is 0.255. The summed E-state index contributed by atoms with van der Waals surface area (Å²) < 4.78 is 13.6. The zero-order valence-corrected chi connectivity index (χ0v) is 22.7. The fourth-order valence-electron chi connectivity index (χ4n) is 4.43. The molecule has 1 unspecified atom stereocenters. The van der Waals surface area contributed by atoms with Crippen LogP contribution < -0.4 is 14.4 Å². The van der Waals surface area contributed by atoms with Gasteiger partial charge >= 0.3 is 8.38 Å². The van der Waals surface area contributed by atoms with Crippen molar-refractivity contribution in [1.82, 2.24) is 0 Å². The van der Waals surface area contributed by atoms with Gasteiger partial charge in [-0.25, -0.2) is 0 Å². The van der Waals surface area contributed by atoms with Crippen molar-refractivity contribution in [2.45, 2.75) is 53.9 Å². The molecule has 0 saturated carbocycles. The Kier molecular flexibility index (Phi) is 7.33. The molecule has 0 aliphatic carbocycles. The van der Waals surface area contributed by atoms with Gasteiger partial charge in [0.2, 0.25) is 0 Å². The van der Waals surface area contributed by atoms with Crippen molar-refractivity contribution in [2.75, 3.05) is 0 Å². The first kappa shape index (κ1) is 25.0. The van der Waals surface area contributed by atoms with E-state index in [1.54, 1.807) is 0 Å². The predicted octanol–water partition coefficient (Wildman–Crippen LogP) is 8.98. The summed E-state index contributed by atoms with van der Waals surface area (Å²) in [6.45, 7) is 15.2. The Bertz CT molecular complexity index is 1300. The molecule has 4 rings (SSSR count). The third kappa shape index (κ3) is 5.95. The second kappa shape index (κ2) is 10.3. The smallest absolute Gasteiger partial charge is 0.326 e. The van der Waals surface area contributed by atoms with Crippen molar-refractivity contribution in [3.8, 4) is 22.6 Å². The van der Waals surface area contributed by atoms with Crippen LogP contribution in [0.25, 0.3) is 11.1 Å². The fraction of sp³-hybridized carbons (Fsp3) is 0.250. The lowest BCUT2D eigenvalue weighted by Crippen LogP contribution is -2.15. The van der Waals surface area contributed by atoms with E-state index in [0.29, 0.717) is 0 Å². The summed E-state index contributed by atoms with van der Waals surface area (Å²) in [4.78, 5) is 0. The van der Waals surface area contributed by atoms with Gasteiger partial charge in [-0.1, -0.05) is 92.6 Å². The second-order valence-electron chi connectivity index (χ2n) is 10.4. The largest absolute Gasteiger partial charge is 0.435 e. The van der Waals surface area contributed by atoms with Gasteiger partial charge in [0.05, 0.1) is 5.30 Å². The number of rotatable bonds is 6. The van der Waals surface area contributed by atoms with Gasteiger partial charge in [0.1, 0.15) is 11.5 Å². The maximum Gasteiger partial charge on any atom is 0.326 e. The normalized spacial score (nSPS) is 12.3. The van der Waals surface area contributed by atoms with Crippen LogP contribution in [0.2, 0.25) is 0 Å². The molecule has 0 amide bonds. The van der Waals surface area contributed by atoms with Crippen molar-refractivity contribution in [1.29, 1.82) is 0 Å². The molecule has 0 N–H and O–H groups in total. The van der Waals surface area contributed by atoms with Crippen LogP contribution in [-0.2, 0) is 5.41 Å². The number of aryl methyl sites for hydroxylation is 4. The van der Waals surface area contributed by atoms with Gasteiger partial charge in [-0.15, -0.1) is 0 Å². The molecule has 3 heteroatoms. The number of para-hydroxylation sites is 1. The van der Waals surface area contributed by atoms with Gasteiger partial charge in [0.15, 0.2) is 0 Å². The highest BCUT2D eigenvalue weighted by Crippen LogP contribution is 2.47. The molecule has 1 atom stereocenters. The zero-order valence-electron chi connectivity index (χ0n) is 21.8. The monoisotopic (exact) mass is 482 g/mol. The second-order valence-corrected chi connectivity index (χ2v) is 11.8. The first-order valence-corrected chi connectivity index (χ1v) is 13.3. The molecule has 4 aromatic carbocycles. The van der Waals surface area contributed by atoms with Crippen molar-refractivity contribution < 1.29 is 9.05 Å². The molecule has 4 aromatic rings. The number of hydrogen-bond acceptors (Lipinski definition) is 2. The zero-order chi connectivity index (χ0) is 25.2. The van der Waals surface area contributed by atoms with E-state index in [1.807, 2.05) is 24.3 Å². The minimum Gasteiger partial charge on any atom is -0.435 e. The minimum absolute atomic E-state index is 0.0433. The van der Waals surface area contributed by atoms with E-state index in [-0.39, 0.29) is 5.41 Å². The summed E-state index contributed by atoms with van der Waals surface area (Å²) in [6, 6.07) is 29.7. The Hall–Kier alpha value is -3.09. The summed E-state index contributed by atoms with van der Waals surface area (Å²) >= 11 is 0. The molecule has 0 spiro atoms. The number of benzene rings is 4. The van der Waals surface area contributed by atoms with Crippen LogP contribution >= 0.6 is 8.38 Å². The lowest BCUT2D eigenvalue weighted by atomic mass is 9.86. The SMILES string of the molecule is Cc1cc(C)cc(-c2cc(C)cc(C)c2OP(Oc2ccccc2C(C)(C)C)c2ccccc2)c1. The molecular weight excluding hydrogens is 447 g/mol. The van der Waals surface area contributed by atoms with Crippen molar-refractivity contribution in [3.05, 3.63) is 113 Å². The first-order valence-electron chi connectivity index (χ1n) is 12.1. The molecule has 0 heterocycles. The molecule has 0 aromatic heterocycles. The van der Waals surface area contributed by atoms with E-state index in [0.717, 1.165) is 27.9 Å². The van der Waals surface area contributed by atoms with E-state index in [9.17, 15) is 0 Å². The Morgan fingerprint density at radius 2 is 1.23 bits per heavy atom. The van der Waals surface area contributed by atoms with Crippen molar-refractivity contribution in [3.63, 3.8) is 0 Å². The summed E-state index contributed by atoms with van der Waals surface area (Å²) in [5.74, 6) is 1.75. The lowest BCUT2D eigenvalue weighted by Gasteiger charge is -2.27. The minimum atomic E-state index is -1.42. The summed E-state index contributed by atoms with van der Waals surface area (Å²) in [7, 11) is -1.42. The van der Waals surface area contributed by atoms with Crippen LogP contribution in [0.1, 0.15) is 48.6 Å². The molecule has 0 aliphatic heterocycles. The third-order valence-corrected chi connectivity index (χ3v) is 7.40. The van der Waals surface area contributed by atoms with E-state index >= 15 is 0 Å². The molecule has 0 saturated heterocycles. The highest BCUT2D eigenvalue weighted by Gasteiger charge is 2.25. The molecule has 2 nitrogen and oxygen atoms in total. The summed E-state index contributed by atoms with van der Waals surface area (Å²) in [5.41, 5.74) is 8.20.